The molecule has 2 aliphatic heterocycles. The number of likely N-dealkylation sites (N-methyl/N-ethyl adjacent to an activating group) is 1. The number of rotatable bonds is 7. The molecule has 0 saturated carbocycles. The third-order valence-electron chi connectivity index (χ3n) is 8.40. The molecule has 1 aromatic heterocycles. The Balaban J connectivity index is 1.18. The van der Waals surface area contributed by atoms with Crippen LogP contribution in [0.1, 0.15) is 41.3 Å². The van der Waals surface area contributed by atoms with E-state index in [1.165, 1.54) is 21.0 Å². The van der Waals surface area contributed by atoms with Crippen molar-refractivity contribution in [2.75, 3.05) is 46.3 Å². The Morgan fingerprint density at radius 3 is 2.62 bits per heavy atom. The number of fused-ring (bicyclic) bond motifs is 1. The lowest BCUT2D eigenvalue weighted by Crippen LogP contribution is -2.57. The number of sulfonamides is 1. The lowest BCUT2D eigenvalue weighted by atomic mass is 9.86. The normalized spacial score (nSPS) is 23.1. The fourth-order valence-electron chi connectivity index (χ4n) is 6.14. The first-order valence-corrected chi connectivity index (χ1v) is 15.6. The molecule has 3 aliphatic rings. The maximum atomic E-state index is 13.4. The highest BCUT2D eigenvalue weighted by Crippen LogP contribution is 2.33. The molecule has 1 aliphatic carbocycles. The van der Waals surface area contributed by atoms with Crippen LogP contribution in [0, 0.1) is 0 Å². The molecule has 0 bridgehead atoms. The van der Waals surface area contributed by atoms with Crippen molar-refractivity contribution in [2.24, 2.45) is 0 Å². The average Bonchev–Trinajstić information content (AvgIpc) is 3.44. The molecule has 3 aromatic rings. The van der Waals surface area contributed by atoms with E-state index in [4.69, 9.17) is 0 Å². The molecule has 0 radical (unpaired) electrons. The molecule has 3 heterocycles. The number of aryl methyl sites for hydroxylation is 1. The van der Waals surface area contributed by atoms with Crippen LogP contribution in [0.25, 0.3) is 0 Å². The second kappa shape index (κ2) is 11.4. The molecule has 11 heteroatoms. The molecule has 2 saturated heterocycles. The van der Waals surface area contributed by atoms with Gasteiger partial charge < -0.3 is 10.2 Å². The lowest BCUT2D eigenvalue weighted by molar-refractivity contribution is -0.126. The molecule has 6 rings (SSSR count). The minimum absolute atomic E-state index is 0.0759. The van der Waals surface area contributed by atoms with Crippen LogP contribution >= 0.6 is 0 Å². The summed E-state index contributed by atoms with van der Waals surface area (Å²) in [6.45, 7) is 5.89. The van der Waals surface area contributed by atoms with E-state index in [-0.39, 0.29) is 36.4 Å². The monoisotopic (exact) mass is 563 g/mol. The van der Waals surface area contributed by atoms with Gasteiger partial charge in [0, 0.05) is 58.4 Å². The van der Waals surface area contributed by atoms with E-state index in [0.29, 0.717) is 5.69 Å². The van der Waals surface area contributed by atoms with E-state index >= 15 is 0 Å². The van der Waals surface area contributed by atoms with Gasteiger partial charge in [-0.1, -0.05) is 41.6 Å². The number of nitrogens with one attached hydrogen (secondary N) is 1. The Bertz CT molecular complexity index is 1450. The van der Waals surface area contributed by atoms with Gasteiger partial charge in [0.1, 0.15) is 6.04 Å². The van der Waals surface area contributed by atoms with E-state index in [2.05, 4.69) is 50.7 Å². The fraction of sp³-hybridized carbons (Fsp3) is 0.483. The zero-order valence-electron chi connectivity index (χ0n) is 22.9. The topological polar surface area (TPSA) is 104 Å². The van der Waals surface area contributed by atoms with Gasteiger partial charge in [0.15, 0.2) is 0 Å². The van der Waals surface area contributed by atoms with Crippen molar-refractivity contribution >= 4 is 15.9 Å². The third kappa shape index (κ3) is 5.56. The molecule has 2 fully saturated rings. The number of aromatic nitrogens is 3. The average molecular weight is 564 g/mol. The van der Waals surface area contributed by atoms with Crippen LogP contribution in [-0.4, -0.2) is 95.8 Å². The molecule has 1 amide bonds. The maximum absolute atomic E-state index is 13.4. The lowest BCUT2D eigenvalue weighted by Gasteiger charge is -2.33. The number of nitrogens with zero attached hydrogens (tertiary/aromatic N) is 6. The summed E-state index contributed by atoms with van der Waals surface area (Å²) in [7, 11) is -1.64. The van der Waals surface area contributed by atoms with E-state index in [1.807, 2.05) is 10.9 Å². The van der Waals surface area contributed by atoms with Gasteiger partial charge >= 0.3 is 0 Å². The van der Waals surface area contributed by atoms with Crippen molar-refractivity contribution in [3.8, 4) is 0 Å². The summed E-state index contributed by atoms with van der Waals surface area (Å²) in [5, 5.41) is 11.7. The van der Waals surface area contributed by atoms with Gasteiger partial charge in [-0.25, -0.2) is 13.1 Å². The minimum atomic E-state index is -3.82. The van der Waals surface area contributed by atoms with Crippen molar-refractivity contribution in [1.82, 2.24) is 34.4 Å². The highest BCUT2D eigenvalue weighted by Gasteiger charge is 2.39. The van der Waals surface area contributed by atoms with E-state index < -0.39 is 16.1 Å². The Hall–Kier alpha value is -3.12. The van der Waals surface area contributed by atoms with Crippen LogP contribution in [0.4, 0.5) is 0 Å². The second-order valence-electron chi connectivity index (χ2n) is 11.2. The zero-order chi connectivity index (χ0) is 27.7. The quantitative estimate of drug-likeness (QED) is 0.467. The first-order chi connectivity index (χ1) is 19.4. The maximum Gasteiger partial charge on any atom is 0.243 e. The molecule has 212 valence electrons. The van der Waals surface area contributed by atoms with Gasteiger partial charge in [-0.2, -0.15) is 4.31 Å². The standard InChI is InChI=1S/C29H37N7O3S/c1-33-14-16-34(17-15-33)20-22-10-11-26-23(18-22)6-5-9-27(26)35-21-24(31-32-35)19-28-29(37)30-12-13-36(28)40(38,39)25-7-3-2-4-8-25/h2-4,7-8,10-11,18,21,27-28H,5-6,9,12-17,19-20H2,1H3,(H,30,37)/t27-,28+/m0/s1. The van der Waals surface area contributed by atoms with Crippen molar-refractivity contribution in [2.45, 2.75) is 49.2 Å². The number of carbonyl (C=O) groups excluding carboxylic acids is 1. The highest BCUT2D eigenvalue weighted by atomic mass is 32.2. The molecule has 2 aromatic carbocycles. The minimum Gasteiger partial charge on any atom is -0.353 e. The van der Waals surface area contributed by atoms with Crippen molar-refractivity contribution in [1.29, 1.82) is 0 Å². The summed E-state index contributed by atoms with van der Waals surface area (Å²) in [5.74, 6) is -0.309. The molecule has 40 heavy (non-hydrogen) atoms. The van der Waals surface area contributed by atoms with E-state index in [9.17, 15) is 13.2 Å². The van der Waals surface area contributed by atoms with Crippen LogP contribution in [0.2, 0.25) is 0 Å². The largest absolute Gasteiger partial charge is 0.353 e. The van der Waals surface area contributed by atoms with Gasteiger partial charge in [0.25, 0.3) is 0 Å². The SMILES string of the molecule is CN1CCN(Cc2ccc3c(c2)CCC[C@@H]3n2cc(C[C@@H]3C(=O)NCCN3S(=O)(=O)c3ccccc3)nn2)CC1. The van der Waals surface area contributed by atoms with Gasteiger partial charge in [-0.05, 0) is 55.1 Å². The molecule has 0 spiro atoms. The van der Waals surface area contributed by atoms with Gasteiger partial charge in [-0.15, -0.1) is 5.10 Å². The summed E-state index contributed by atoms with van der Waals surface area (Å²) >= 11 is 0. The van der Waals surface area contributed by atoms with E-state index in [1.54, 1.807) is 30.3 Å². The van der Waals surface area contributed by atoms with Gasteiger partial charge in [0.05, 0.1) is 16.6 Å². The molecular formula is C29H37N7O3S. The fourth-order valence-corrected chi connectivity index (χ4v) is 7.75. The Labute approximate surface area is 236 Å². The number of benzene rings is 2. The smallest absolute Gasteiger partial charge is 0.243 e. The van der Waals surface area contributed by atoms with Crippen LogP contribution in [-0.2, 0) is 34.2 Å². The predicted octanol–water partition coefficient (Wildman–Crippen LogP) is 1.68. The molecular weight excluding hydrogens is 526 g/mol. The first kappa shape index (κ1) is 27.1. The first-order valence-electron chi connectivity index (χ1n) is 14.2. The number of piperazine rings is 2. The predicted molar refractivity (Wildman–Crippen MR) is 151 cm³/mol. The molecule has 2 atom stereocenters. The summed E-state index contributed by atoms with van der Waals surface area (Å²) in [6.07, 6.45) is 5.14. The Morgan fingerprint density at radius 1 is 1.02 bits per heavy atom. The number of hydrogen-bond donors (Lipinski definition) is 1. The Kier molecular flexibility index (Phi) is 7.71. The van der Waals surface area contributed by atoms with Crippen molar-refractivity contribution in [3.05, 3.63) is 77.1 Å². The molecule has 0 unspecified atom stereocenters. The summed E-state index contributed by atoms with van der Waals surface area (Å²) in [5.41, 5.74) is 4.60. The van der Waals surface area contributed by atoms with Crippen LogP contribution in [0.5, 0.6) is 0 Å². The van der Waals surface area contributed by atoms with Crippen LogP contribution in [0.15, 0.2) is 59.6 Å². The van der Waals surface area contributed by atoms with Gasteiger partial charge in [0.2, 0.25) is 15.9 Å². The second-order valence-corrected chi connectivity index (χ2v) is 13.0. The molecule has 1 N–H and O–H groups in total. The summed E-state index contributed by atoms with van der Waals surface area (Å²) < 4.78 is 30.0. The summed E-state index contributed by atoms with van der Waals surface area (Å²) in [4.78, 5) is 18.0. The zero-order valence-corrected chi connectivity index (χ0v) is 23.8. The number of carbonyl (C=O) groups is 1. The van der Waals surface area contributed by atoms with Gasteiger partial charge in [-0.3, -0.25) is 9.69 Å². The van der Waals surface area contributed by atoms with E-state index in [0.717, 1.165) is 52.0 Å². The van der Waals surface area contributed by atoms with Crippen LogP contribution < -0.4 is 5.32 Å². The van der Waals surface area contributed by atoms with Crippen molar-refractivity contribution < 1.29 is 13.2 Å². The number of hydrogen-bond acceptors (Lipinski definition) is 7. The van der Waals surface area contributed by atoms with Crippen molar-refractivity contribution in [3.63, 3.8) is 0 Å². The summed E-state index contributed by atoms with van der Waals surface area (Å²) in [6, 6.07) is 14.3. The Morgan fingerprint density at radius 2 is 1.82 bits per heavy atom. The molecule has 10 nitrogen and oxygen atoms in total. The van der Waals surface area contributed by atoms with Crippen LogP contribution in [0.3, 0.4) is 0 Å². The number of amides is 1. The highest BCUT2D eigenvalue weighted by molar-refractivity contribution is 7.89. The third-order valence-corrected chi connectivity index (χ3v) is 10.3.